The lowest BCUT2D eigenvalue weighted by Gasteiger charge is -2.10. The summed E-state index contributed by atoms with van der Waals surface area (Å²) in [7, 11) is 0. The minimum absolute atomic E-state index is 0.170. The number of rotatable bonds is 3. The molecule has 0 saturated heterocycles. The molecule has 1 amide bonds. The number of carbonyl (C=O) groups is 1. The molecule has 5 aromatic rings. The molecule has 0 fully saturated rings. The fourth-order valence-electron chi connectivity index (χ4n) is 3.18. The predicted octanol–water partition coefficient (Wildman–Crippen LogP) is 4.25. The van der Waals surface area contributed by atoms with Crippen LogP contribution in [-0.4, -0.2) is 20.7 Å². The minimum Gasteiger partial charge on any atom is -0.296 e. The molecule has 0 aliphatic carbocycles. The van der Waals surface area contributed by atoms with Crippen molar-refractivity contribution in [2.75, 3.05) is 5.32 Å². The van der Waals surface area contributed by atoms with Gasteiger partial charge in [-0.3, -0.25) is 14.9 Å². The van der Waals surface area contributed by atoms with Crippen molar-refractivity contribution in [3.8, 4) is 5.69 Å². The molecule has 0 radical (unpaired) electrons. The molecule has 7 heteroatoms. The predicted molar refractivity (Wildman–Crippen MR) is 115 cm³/mol. The van der Waals surface area contributed by atoms with E-state index in [1.807, 2.05) is 42.5 Å². The summed E-state index contributed by atoms with van der Waals surface area (Å²) >= 11 is 1.39. The van der Waals surface area contributed by atoms with Crippen LogP contribution in [0.1, 0.15) is 10.5 Å². The first kappa shape index (κ1) is 17.3. The second kappa shape index (κ2) is 6.96. The summed E-state index contributed by atoms with van der Waals surface area (Å²) in [5, 5.41) is 8.64. The Kier molecular flexibility index (Phi) is 4.14. The monoisotopic (exact) mass is 398 g/mol. The molecule has 3 aromatic carbocycles. The summed E-state index contributed by atoms with van der Waals surface area (Å²) in [6.07, 6.45) is 0. The van der Waals surface area contributed by atoms with Gasteiger partial charge in [-0.1, -0.05) is 59.9 Å². The summed E-state index contributed by atoms with van der Waals surface area (Å²) in [5.74, 6) is -0.412. The van der Waals surface area contributed by atoms with E-state index >= 15 is 0 Å². The Morgan fingerprint density at radius 3 is 2.34 bits per heavy atom. The third kappa shape index (κ3) is 3.07. The highest BCUT2D eigenvalue weighted by atomic mass is 32.1. The van der Waals surface area contributed by atoms with Crippen LogP contribution in [0, 0.1) is 0 Å². The summed E-state index contributed by atoms with van der Waals surface area (Å²) < 4.78 is 2.24. The van der Waals surface area contributed by atoms with Gasteiger partial charge in [-0.05, 0) is 30.3 Å². The first-order chi connectivity index (χ1) is 14.2. The average molecular weight is 398 g/mol. The number of para-hydroxylation sites is 2. The normalized spacial score (nSPS) is 11.0. The van der Waals surface area contributed by atoms with Crippen LogP contribution in [0.25, 0.3) is 26.7 Å². The maximum absolute atomic E-state index is 13.1. The van der Waals surface area contributed by atoms with Crippen LogP contribution in [-0.2, 0) is 0 Å². The smallest absolute Gasteiger partial charge is 0.279 e. The van der Waals surface area contributed by atoms with Crippen molar-refractivity contribution in [3.05, 3.63) is 94.9 Å². The molecule has 1 N–H and O–H groups in total. The van der Waals surface area contributed by atoms with Gasteiger partial charge in [-0.15, -0.1) is 0 Å². The van der Waals surface area contributed by atoms with E-state index in [2.05, 4.69) is 15.4 Å². The van der Waals surface area contributed by atoms with Gasteiger partial charge in [0.25, 0.3) is 11.5 Å². The van der Waals surface area contributed by atoms with Crippen LogP contribution in [0.2, 0.25) is 0 Å². The molecule has 140 valence electrons. The number of amides is 1. The van der Waals surface area contributed by atoms with Gasteiger partial charge in [-0.25, -0.2) is 4.98 Å². The van der Waals surface area contributed by atoms with Crippen LogP contribution < -0.4 is 10.9 Å². The van der Waals surface area contributed by atoms with Crippen LogP contribution >= 0.6 is 11.3 Å². The van der Waals surface area contributed by atoms with Crippen molar-refractivity contribution >= 4 is 43.4 Å². The molecule has 0 atom stereocenters. The second-order valence-electron chi connectivity index (χ2n) is 6.39. The lowest BCUT2D eigenvalue weighted by atomic mass is 10.1. The first-order valence-corrected chi connectivity index (χ1v) is 9.77. The molecule has 0 saturated carbocycles. The molecule has 0 aliphatic heterocycles. The number of nitrogens with zero attached hydrogens (tertiary/aromatic N) is 3. The molecular weight excluding hydrogens is 384 g/mol. The summed E-state index contributed by atoms with van der Waals surface area (Å²) in [6.45, 7) is 0. The standard InChI is InChI=1S/C22H14N4O2S/c27-20(24-22-23-17-12-6-7-13-18(17)29-22)19-15-10-4-5-11-16(15)21(28)26(25-19)14-8-2-1-3-9-14/h1-13H,(H,23,24,27). The van der Waals surface area contributed by atoms with Gasteiger partial charge in [0.05, 0.1) is 21.3 Å². The van der Waals surface area contributed by atoms with Gasteiger partial charge < -0.3 is 0 Å². The lowest BCUT2D eigenvalue weighted by molar-refractivity contribution is 0.102. The quantitative estimate of drug-likeness (QED) is 0.493. The molecule has 2 aromatic heterocycles. The second-order valence-corrected chi connectivity index (χ2v) is 7.42. The largest absolute Gasteiger partial charge is 0.296 e. The van der Waals surface area contributed by atoms with Crippen molar-refractivity contribution in [3.63, 3.8) is 0 Å². The maximum Gasteiger partial charge on any atom is 0.279 e. The van der Waals surface area contributed by atoms with E-state index in [0.29, 0.717) is 21.6 Å². The molecular formula is C22H14N4O2S. The fraction of sp³-hybridized carbons (Fsp3) is 0. The number of fused-ring (bicyclic) bond motifs is 2. The lowest BCUT2D eigenvalue weighted by Crippen LogP contribution is -2.26. The SMILES string of the molecule is O=C(Nc1nc2ccccc2s1)c1nn(-c2ccccc2)c(=O)c2ccccc12. The highest BCUT2D eigenvalue weighted by molar-refractivity contribution is 7.22. The van der Waals surface area contributed by atoms with E-state index < -0.39 is 5.91 Å². The van der Waals surface area contributed by atoms with E-state index in [4.69, 9.17) is 0 Å². The summed E-state index contributed by atoms with van der Waals surface area (Å²) in [4.78, 5) is 30.5. The van der Waals surface area contributed by atoms with Gasteiger partial charge in [0.1, 0.15) is 0 Å². The van der Waals surface area contributed by atoms with Crippen molar-refractivity contribution < 1.29 is 4.79 Å². The molecule has 0 unspecified atom stereocenters. The van der Waals surface area contributed by atoms with Gasteiger partial charge in [0, 0.05) is 5.39 Å². The fourth-order valence-corrected chi connectivity index (χ4v) is 4.04. The molecule has 2 heterocycles. The van der Waals surface area contributed by atoms with Gasteiger partial charge in [0.15, 0.2) is 10.8 Å². The van der Waals surface area contributed by atoms with Crippen molar-refractivity contribution in [2.24, 2.45) is 0 Å². The average Bonchev–Trinajstić information content (AvgIpc) is 3.17. The van der Waals surface area contributed by atoms with Gasteiger partial charge in [0.2, 0.25) is 0 Å². The van der Waals surface area contributed by atoms with E-state index in [-0.39, 0.29) is 11.3 Å². The first-order valence-electron chi connectivity index (χ1n) is 8.95. The highest BCUT2D eigenvalue weighted by Gasteiger charge is 2.18. The Hall–Kier alpha value is -3.84. The Morgan fingerprint density at radius 2 is 1.55 bits per heavy atom. The Balaban J connectivity index is 1.64. The highest BCUT2D eigenvalue weighted by Crippen LogP contribution is 2.26. The van der Waals surface area contributed by atoms with E-state index in [1.165, 1.54) is 16.0 Å². The molecule has 5 rings (SSSR count). The molecule has 29 heavy (non-hydrogen) atoms. The number of hydrogen-bond donors (Lipinski definition) is 1. The number of carbonyl (C=O) groups excluding carboxylic acids is 1. The molecule has 0 aliphatic rings. The molecule has 6 nitrogen and oxygen atoms in total. The zero-order valence-electron chi connectivity index (χ0n) is 15.1. The van der Waals surface area contributed by atoms with Gasteiger partial charge in [-0.2, -0.15) is 9.78 Å². The number of hydrogen-bond acceptors (Lipinski definition) is 5. The zero-order chi connectivity index (χ0) is 19.8. The van der Waals surface area contributed by atoms with Crippen molar-refractivity contribution in [1.82, 2.24) is 14.8 Å². The third-order valence-electron chi connectivity index (χ3n) is 4.54. The number of nitrogens with one attached hydrogen (secondary N) is 1. The number of benzene rings is 3. The topological polar surface area (TPSA) is 76.9 Å². The zero-order valence-corrected chi connectivity index (χ0v) is 15.9. The van der Waals surface area contributed by atoms with E-state index in [1.54, 1.807) is 36.4 Å². The van der Waals surface area contributed by atoms with Crippen LogP contribution in [0.5, 0.6) is 0 Å². The van der Waals surface area contributed by atoms with Gasteiger partial charge >= 0.3 is 0 Å². The number of aromatic nitrogens is 3. The minimum atomic E-state index is -0.412. The van der Waals surface area contributed by atoms with Crippen molar-refractivity contribution in [1.29, 1.82) is 0 Å². The van der Waals surface area contributed by atoms with Crippen LogP contribution in [0.4, 0.5) is 5.13 Å². The summed E-state index contributed by atoms with van der Waals surface area (Å²) in [6, 6.07) is 23.7. The molecule has 0 spiro atoms. The number of anilines is 1. The van der Waals surface area contributed by atoms with Crippen LogP contribution in [0.15, 0.2) is 83.7 Å². The van der Waals surface area contributed by atoms with Crippen LogP contribution in [0.3, 0.4) is 0 Å². The van der Waals surface area contributed by atoms with E-state index in [9.17, 15) is 9.59 Å². The Labute approximate surface area is 169 Å². The number of thiazole rings is 1. The summed E-state index contributed by atoms with van der Waals surface area (Å²) in [5.41, 5.74) is 1.31. The Morgan fingerprint density at radius 1 is 0.862 bits per heavy atom. The molecule has 0 bridgehead atoms. The third-order valence-corrected chi connectivity index (χ3v) is 5.49. The Bertz CT molecular complexity index is 1390. The van der Waals surface area contributed by atoms with Crippen molar-refractivity contribution in [2.45, 2.75) is 0 Å². The van der Waals surface area contributed by atoms with E-state index in [0.717, 1.165) is 10.2 Å². The maximum atomic E-state index is 13.1.